The lowest BCUT2D eigenvalue weighted by atomic mass is 10.1. The summed E-state index contributed by atoms with van der Waals surface area (Å²) in [4.78, 5) is 12.5. The Kier molecular flexibility index (Phi) is 5.06. The van der Waals surface area contributed by atoms with Gasteiger partial charge >= 0.3 is 0 Å². The highest BCUT2D eigenvalue weighted by atomic mass is 16.3. The van der Waals surface area contributed by atoms with Gasteiger partial charge in [-0.2, -0.15) is 10.4 Å². The molecular weight excluding hydrogens is 340 g/mol. The summed E-state index contributed by atoms with van der Waals surface area (Å²) in [5, 5.41) is 26.5. The van der Waals surface area contributed by atoms with Gasteiger partial charge in [0.2, 0.25) is 0 Å². The molecule has 0 aliphatic heterocycles. The van der Waals surface area contributed by atoms with Crippen LogP contribution in [0.1, 0.15) is 18.1 Å². The van der Waals surface area contributed by atoms with Crippen LogP contribution in [-0.4, -0.2) is 26.4 Å². The molecule has 1 aromatic heterocycles. The molecular formula is C21H20N4O2. The Morgan fingerprint density at radius 1 is 1.26 bits per heavy atom. The minimum atomic E-state index is -1.65. The first-order chi connectivity index (χ1) is 12.9. The number of nitrogens with one attached hydrogen (secondary N) is 1. The van der Waals surface area contributed by atoms with Crippen molar-refractivity contribution in [3.05, 3.63) is 72.1 Å². The molecule has 1 unspecified atom stereocenters. The quantitative estimate of drug-likeness (QED) is 0.731. The van der Waals surface area contributed by atoms with E-state index in [9.17, 15) is 9.90 Å². The number of amides is 1. The standard InChI is InChI=1S/C21H20N4O2/c1-15-10-19(9-8-17(15)11-22)24-20(26)21(2,27)14-25-13-18(12-23-25)16-6-4-3-5-7-16/h3-10,12-13,27H,14H2,1-2H3,(H,24,26). The number of nitrogens with zero attached hydrogens (tertiary/aromatic N) is 3. The average Bonchev–Trinajstić information content (AvgIpc) is 3.10. The number of hydrogen-bond acceptors (Lipinski definition) is 4. The van der Waals surface area contributed by atoms with Crippen molar-refractivity contribution >= 4 is 11.6 Å². The van der Waals surface area contributed by atoms with Crippen molar-refractivity contribution in [2.45, 2.75) is 26.0 Å². The van der Waals surface area contributed by atoms with Gasteiger partial charge in [0.25, 0.3) is 5.91 Å². The number of hydrogen-bond donors (Lipinski definition) is 2. The van der Waals surface area contributed by atoms with Gasteiger partial charge in [0.1, 0.15) is 0 Å². The molecule has 6 heteroatoms. The Bertz CT molecular complexity index is 1000. The number of benzene rings is 2. The minimum Gasteiger partial charge on any atom is -0.378 e. The molecule has 6 nitrogen and oxygen atoms in total. The molecule has 1 atom stereocenters. The normalized spacial score (nSPS) is 12.8. The molecule has 2 aromatic carbocycles. The summed E-state index contributed by atoms with van der Waals surface area (Å²) in [6, 6.07) is 16.8. The van der Waals surface area contributed by atoms with Crippen molar-refractivity contribution in [3.8, 4) is 17.2 Å². The van der Waals surface area contributed by atoms with Crippen LogP contribution in [0.15, 0.2) is 60.9 Å². The first-order valence-electron chi connectivity index (χ1n) is 8.51. The molecule has 27 heavy (non-hydrogen) atoms. The van der Waals surface area contributed by atoms with Gasteiger partial charge in [0.15, 0.2) is 5.60 Å². The molecule has 1 heterocycles. The Morgan fingerprint density at radius 2 is 2.00 bits per heavy atom. The fourth-order valence-corrected chi connectivity index (χ4v) is 2.75. The Balaban J connectivity index is 1.71. The van der Waals surface area contributed by atoms with Crippen LogP contribution >= 0.6 is 0 Å². The number of anilines is 1. The lowest BCUT2D eigenvalue weighted by Gasteiger charge is -2.22. The molecule has 3 rings (SSSR count). The van der Waals surface area contributed by atoms with Crippen molar-refractivity contribution in [1.82, 2.24) is 9.78 Å². The largest absolute Gasteiger partial charge is 0.378 e. The highest BCUT2D eigenvalue weighted by Gasteiger charge is 2.31. The van der Waals surface area contributed by atoms with Crippen molar-refractivity contribution < 1.29 is 9.90 Å². The Morgan fingerprint density at radius 3 is 2.67 bits per heavy atom. The predicted molar refractivity (Wildman–Crippen MR) is 103 cm³/mol. The zero-order chi connectivity index (χ0) is 19.4. The van der Waals surface area contributed by atoms with Crippen LogP contribution in [0.25, 0.3) is 11.1 Å². The van der Waals surface area contributed by atoms with E-state index in [1.165, 1.54) is 6.92 Å². The van der Waals surface area contributed by atoms with E-state index in [2.05, 4.69) is 16.5 Å². The number of rotatable bonds is 5. The van der Waals surface area contributed by atoms with E-state index in [4.69, 9.17) is 5.26 Å². The third-order valence-corrected chi connectivity index (χ3v) is 4.30. The number of aryl methyl sites for hydroxylation is 1. The molecule has 0 aliphatic carbocycles. The van der Waals surface area contributed by atoms with Gasteiger partial charge in [-0.15, -0.1) is 0 Å². The smallest absolute Gasteiger partial charge is 0.257 e. The van der Waals surface area contributed by atoms with E-state index in [-0.39, 0.29) is 6.54 Å². The van der Waals surface area contributed by atoms with Gasteiger partial charge in [-0.05, 0) is 43.2 Å². The highest BCUT2D eigenvalue weighted by Crippen LogP contribution is 2.20. The monoisotopic (exact) mass is 360 g/mol. The van der Waals surface area contributed by atoms with Crippen LogP contribution in [0, 0.1) is 18.3 Å². The SMILES string of the molecule is Cc1cc(NC(=O)C(C)(O)Cn2cc(-c3ccccc3)cn2)ccc1C#N. The molecule has 0 saturated carbocycles. The molecule has 1 amide bonds. The predicted octanol–water partition coefficient (Wildman–Crippen LogP) is 3.12. The average molecular weight is 360 g/mol. The van der Waals surface area contributed by atoms with Crippen LogP contribution < -0.4 is 5.32 Å². The first kappa shape index (κ1) is 18.4. The van der Waals surface area contributed by atoms with Crippen LogP contribution in [-0.2, 0) is 11.3 Å². The summed E-state index contributed by atoms with van der Waals surface area (Å²) in [7, 11) is 0. The zero-order valence-electron chi connectivity index (χ0n) is 15.2. The van der Waals surface area contributed by atoms with Crippen LogP contribution in [0.3, 0.4) is 0 Å². The van der Waals surface area contributed by atoms with Crippen molar-refractivity contribution in [3.63, 3.8) is 0 Å². The van der Waals surface area contributed by atoms with Gasteiger partial charge < -0.3 is 10.4 Å². The topological polar surface area (TPSA) is 90.9 Å². The van der Waals surface area contributed by atoms with Gasteiger partial charge in [0, 0.05) is 17.4 Å². The summed E-state index contributed by atoms with van der Waals surface area (Å²) in [5.74, 6) is -0.539. The summed E-state index contributed by atoms with van der Waals surface area (Å²) in [5.41, 5.74) is 2.11. The maximum atomic E-state index is 12.5. The van der Waals surface area contributed by atoms with Crippen molar-refractivity contribution in [2.24, 2.45) is 0 Å². The second-order valence-corrected chi connectivity index (χ2v) is 6.66. The number of nitriles is 1. The number of aliphatic hydroxyl groups is 1. The van der Waals surface area contributed by atoms with E-state index >= 15 is 0 Å². The number of carbonyl (C=O) groups excluding carboxylic acids is 1. The second kappa shape index (κ2) is 7.44. The number of carbonyl (C=O) groups is 1. The van der Waals surface area contributed by atoms with E-state index in [0.717, 1.165) is 16.7 Å². The number of aromatic nitrogens is 2. The summed E-state index contributed by atoms with van der Waals surface area (Å²) in [6.07, 6.45) is 3.50. The van der Waals surface area contributed by atoms with Crippen molar-refractivity contribution in [2.75, 3.05) is 5.32 Å². The lowest BCUT2D eigenvalue weighted by molar-refractivity contribution is -0.133. The Hall–Kier alpha value is -3.43. The molecule has 0 saturated heterocycles. The minimum absolute atomic E-state index is 0.0148. The molecule has 136 valence electrons. The van der Waals surface area contributed by atoms with E-state index in [1.807, 2.05) is 30.3 Å². The molecule has 0 aliphatic rings. The van der Waals surface area contributed by atoms with Crippen LogP contribution in [0.2, 0.25) is 0 Å². The molecule has 3 aromatic rings. The highest BCUT2D eigenvalue weighted by molar-refractivity contribution is 5.96. The van der Waals surface area contributed by atoms with Gasteiger partial charge in [-0.3, -0.25) is 9.48 Å². The molecule has 0 fully saturated rings. The fourth-order valence-electron chi connectivity index (χ4n) is 2.75. The van der Waals surface area contributed by atoms with Crippen molar-refractivity contribution in [1.29, 1.82) is 5.26 Å². The van der Waals surface area contributed by atoms with Gasteiger partial charge in [-0.1, -0.05) is 30.3 Å². The summed E-state index contributed by atoms with van der Waals surface area (Å²) >= 11 is 0. The van der Waals surface area contributed by atoms with Crippen LogP contribution in [0.4, 0.5) is 5.69 Å². The first-order valence-corrected chi connectivity index (χ1v) is 8.51. The van der Waals surface area contributed by atoms with E-state index < -0.39 is 11.5 Å². The second-order valence-electron chi connectivity index (χ2n) is 6.66. The van der Waals surface area contributed by atoms with Crippen LogP contribution in [0.5, 0.6) is 0 Å². The zero-order valence-corrected chi connectivity index (χ0v) is 15.2. The molecule has 2 N–H and O–H groups in total. The molecule has 0 spiro atoms. The maximum Gasteiger partial charge on any atom is 0.257 e. The molecule has 0 bridgehead atoms. The summed E-state index contributed by atoms with van der Waals surface area (Å²) < 4.78 is 1.55. The third kappa shape index (κ3) is 4.22. The lowest BCUT2D eigenvalue weighted by Crippen LogP contribution is -2.43. The van der Waals surface area contributed by atoms with Gasteiger partial charge in [0.05, 0.1) is 24.4 Å². The van der Waals surface area contributed by atoms with E-state index in [1.54, 1.807) is 42.2 Å². The Labute approximate surface area is 157 Å². The summed E-state index contributed by atoms with van der Waals surface area (Å²) in [6.45, 7) is 3.25. The third-order valence-electron chi connectivity index (χ3n) is 4.30. The van der Waals surface area contributed by atoms with Gasteiger partial charge in [-0.25, -0.2) is 0 Å². The van der Waals surface area contributed by atoms with E-state index in [0.29, 0.717) is 11.3 Å². The maximum absolute atomic E-state index is 12.5. The fraction of sp³-hybridized carbons (Fsp3) is 0.190. The molecule has 0 radical (unpaired) electrons.